The van der Waals surface area contributed by atoms with Crippen molar-refractivity contribution >= 4 is 22.6 Å². The van der Waals surface area contributed by atoms with E-state index < -0.39 is 5.97 Å². The van der Waals surface area contributed by atoms with Crippen LogP contribution in [-0.4, -0.2) is 26.3 Å². The van der Waals surface area contributed by atoms with Crippen molar-refractivity contribution in [2.75, 3.05) is 0 Å². The van der Waals surface area contributed by atoms with Gasteiger partial charge in [-0.2, -0.15) is 5.10 Å². The monoisotopic (exact) mass is 203 g/mol. The van der Waals surface area contributed by atoms with Gasteiger partial charge in [-0.1, -0.05) is 0 Å². The van der Waals surface area contributed by atoms with Gasteiger partial charge in [0.2, 0.25) is 0 Å². The molecule has 0 aliphatic heterocycles. The molecule has 0 radical (unpaired) electrons. The van der Waals surface area contributed by atoms with E-state index in [1.807, 2.05) is 6.07 Å². The highest BCUT2D eigenvalue weighted by atomic mass is 16.4. The van der Waals surface area contributed by atoms with Crippen LogP contribution in [0, 0.1) is 0 Å². The number of carbonyl (C=O) groups is 1. The van der Waals surface area contributed by atoms with Gasteiger partial charge in [-0.15, -0.1) is 0 Å². The largest absolute Gasteiger partial charge is 0.478 e. The van der Waals surface area contributed by atoms with Gasteiger partial charge in [-0.3, -0.25) is 5.10 Å². The Labute approximate surface area is 85.5 Å². The minimum Gasteiger partial charge on any atom is -0.478 e. The quantitative estimate of drug-likeness (QED) is 0.724. The van der Waals surface area contributed by atoms with Crippen LogP contribution in [0.3, 0.4) is 0 Å². The average molecular weight is 203 g/mol. The number of nitrogens with zero attached hydrogens (tertiary/aromatic N) is 2. The van der Waals surface area contributed by atoms with Crippen molar-refractivity contribution in [2.45, 2.75) is 6.92 Å². The number of nitrogens with one attached hydrogen (secondary N) is 1. The second-order valence-electron chi connectivity index (χ2n) is 3.14. The highest BCUT2D eigenvalue weighted by molar-refractivity contribution is 5.94. The second-order valence-corrected chi connectivity index (χ2v) is 3.14. The summed E-state index contributed by atoms with van der Waals surface area (Å²) in [6, 6.07) is 3.63. The predicted molar refractivity (Wildman–Crippen MR) is 55.2 cm³/mol. The van der Waals surface area contributed by atoms with E-state index in [9.17, 15) is 4.79 Å². The maximum absolute atomic E-state index is 10.5. The second kappa shape index (κ2) is 3.53. The van der Waals surface area contributed by atoms with E-state index in [1.54, 1.807) is 19.2 Å². The summed E-state index contributed by atoms with van der Waals surface area (Å²) in [4.78, 5) is 14.6. The van der Waals surface area contributed by atoms with E-state index in [1.165, 1.54) is 0 Å². The molecule has 0 aromatic carbocycles. The van der Waals surface area contributed by atoms with Crippen LogP contribution in [-0.2, 0) is 4.79 Å². The summed E-state index contributed by atoms with van der Waals surface area (Å²) >= 11 is 0. The number of aliphatic carboxylic acids is 1. The zero-order valence-corrected chi connectivity index (χ0v) is 8.06. The van der Waals surface area contributed by atoms with Gasteiger partial charge in [0.1, 0.15) is 0 Å². The fourth-order valence-corrected chi connectivity index (χ4v) is 1.41. The van der Waals surface area contributed by atoms with E-state index in [0.717, 1.165) is 11.5 Å². The zero-order valence-electron chi connectivity index (χ0n) is 8.06. The Kier molecular flexibility index (Phi) is 2.21. The van der Waals surface area contributed by atoms with Gasteiger partial charge in [0.25, 0.3) is 0 Å². The molecule has 2 rings (SSSR count). The van der Waals surface area contributed by atoms with Gasteiger partial charge in [-0.25, -0.2) is 9.78 Å². The molecule has 15 heavy (non-hydrogen) atoms. The molecule has 76 valence electrons. The lowest BCUT2D eigenvalue weighted by Gasteiger charge is -1.94. The molecule has 5 heteroatoms. The lowest BCUT2D eigenvalue weighted by molar-refractivity contribution is -0.131. The van der Waals surface area contributed by atoms with Gasteiger partial charge >= 0.3 is 5.97 Å². The Morgan fingerprint density at radius 1 is 1.60 bits per heavy atom. The Bertz CT molecular complexity index is 542. The summed E-state index contributed by atoms with van der Waals surface area (Å²) in [5.74, 6) is -0.979. The first-order valence-electron chi connectivity index (χ1n) is 4.39. The molecule has 2 heterocycles. The fourth-order valence-electron chi connectivity index (χ4n) is 1.41. The SMILES string of the molecule is C/C(=C\C(=O)O)c1n[nH]c2ncccc12. The number of pyridine rings is 1. The molecule has 0 saturated heterocycles. The minimum absolute atomic E-state index is 0.599. The molecule has 0 saturated carbocycles. The summed E-state index contributed by atoms with van der Waals surface area (Å²) in [7, 11) is 0. The molecule has 0 aliphatic rings. The summed E-state index contributed by atoms with van der Waals surface area (Å²) < 4.78 is 0. The molecule has 0 spiro atoms. The molecule has 0 bridgehead atoms. The molecule has 2 aromatic rings. The maximum Gasteiger partial charge on any atom is 0.328 e. The van der Waals surface area contributed by atoms with E-state index in [4.69, 9.17) is 5.11 Å². The number of carboxylic acids is 1. The van der Waals surface area contributed by atoms with Crippen LogP contribution in [0.25, 0.3) is 16.6 Å². The van der Waals surface area contributed by atoms with Crippen LogP contribution >= 0.6 is 0 Å². The first-order chi connectivity index (χ1) is 7.18. The molecule has 0 amide bonds. The van der Waals surface area contributed by atoms with Crippen molar-refractivity contribution < 1.29 is 9.90 Å². The van der Waals surface area contributed by atoms with Gasteiger partial charge in [0.15, 0.2) is 5.65 Å². The molecular weight excluding hydrogens is 194 g/mol. The maximum atomic E-state index is 10.5. The molecule has 0 atom stereocenters. The predicted octanol–water partition coefficient (Wildman–Crippen LogP) is 1.45. The smallest absolute Gasteiger partial charge is 0.328 e. The van der Waals surface area contributed by atoms with E-state index in [-0.39, 0.29) is 0 Å². The Morgan fingerprint density at radius 3 is 3.13 bits per heavy atom. The Hall–Kier alpha value is -2.17. The number of fused-ring (bicyclic) bond motifs is 1. The van der Waals surface area contributed by atoms with E-state index >= 15 is 0 Å². The lowest BCUT2D eigenvalue weighted by Crippen LogP contribution is -1.90. The van der Waals surface area contributed by atoms with Crippen molar-refractivity contribution in [3.05, 3.63) is 30.1 Å². The fraction of sp³-hybridized carbons (Fsp3) is 0.100. The number of H-pyrrole nitrogens is 1. The van der Waals surface area contributed by atoms with Gasteiger partial charge in [-0.05, 0) is 24.6 Å². The molecular formula is C10H9N3O2. The molecule has 5 nitrogen and oxygen atoms in total. The van der Waals surface area contributed by atoms with Crippen LogP contribution in [0.1, 0.15) is 12.6 Å². The normalized spacial score (nSPS) is 11.9. The Balaban J connectivity index is 2.57. The minimum atomic E-state index is -0.979. The average Bonchev–Trinajstić information content (AvgIpc) is 2.59. The summed E-state index contributed by atoms with van der Waals surface area (Å²) in [6.07, 6.45) is 2.78. The van der Waals surface area contributed by atoms with Gasteiger partial charge in [0, 0.05) is 17.7 Å². The van der Waals surface area contributed by atoms with Gasteiger partial charge < -0.3 is 5.11 Å². The number of hydrogen-bond acceptors (Lipinski definition) is 3. The van der Waals surface area contributed by atoms with Crippen molar-refractivity contribution in [1.82, 2.24) is 15.2 Å². The van der Waals surface area contributed by atoms with E-state index in [2.05, 4.69) is 15.2 Å². The Morgan fingerprint density at radius 2 is 2.40 bits per heavy atom. The third-order valence-electron chi connectivity index (χ3n) is 2.05. The third-order valence-corrected chi connectivity index (χ3v) is 2.05. The number of aromatic nitrogens is 3. The van der Waals surface area contributed by atoms with Crippen molar-refractivity contribution in [1.29, 1.82) is 0 Å². The number of rotatable bonds is 2. The van der Waals surface area contributed by atoms with Crippen molar-refractivity contribution in [3.8, 4) is 0 Å². The number of aromatic amines is 1. The first kappa shape index (κ1) is 9.39. The molecule has 2 aromatic heterocycles. The summed E-state index contributed by atoms with van der Waals surface area (Å²) in [6.45, 7) is 1.71. The topological polar surface area (TPSA) is 78.9 Å². The highest BCUT2D eigenvalue weighted by Crippen LogP contribution is 2.20. The molecule has 0 fully saturated rings. The standard InChI is InChI=1S/C10H9N3O2/c1-6(5-8(14)15)9-7-3-2-4-11-10(7)13-12-9/h2-5H,1H3,(H,14,15)(H,11,12,13)/b6-5+. The third kappa shape index (κ3) is 1.71. The van der Waals surface area contributed by atoms with Crippen LogP contribution in [0.4, 0.5) is 0 Å². The number of hydrogen-bond donors (Lipinski definition) is 2. The number of allylic oxidation sites excluding steroid dienone is 1. The zero-order chi connectivity index (χ0) is 10.8. The molecule has 0 aliphatic carbocycles. The van der Waals surface area contributed by atoms with Crippen molar-refractivity contribution in [2.24, 2.45) is 0 Å². The van der Waals surface area contributed by atoms with Crippen LogP contribution < -0.4 is 0 Å². The van der Waals surface area contributed by atoms with E-state index in [0.29, 0.717) is 16.9 Å². The first-order valence-corrected chi connectivity index (χ1v) is 4.39. The summed E-state index contributed by atoms with van der Waals surface area (Å²) in [5.41, 5.74) is 1.88. The van der Waals surface area contributed by atoms with Gasteiger partial charge in [0.05, 0.1) is 5.69 Å². The van der Waals surface area contributed by atoms with Crippen LogP contribution in [0.15, 0.2) is 24.4 Å². The van der Waals surface area contributed by atoms with Crippen LogP contribution in [0.5, 0.6) is 0 Å². The molecule has 0 unspecified atom stereocenters. The van der Waals surface area contributed by atoms with Crippen molar-refractivity contribution in [3.63, 3.8) is 0 Å². The molecule has 2 N–H and O–H groups in total. The number of carboxylic acid groups (broad SMARTS) is 1. The summed E-state index contributed by atoms with van der Waals surface area (Å²) in [5, 5.41) is 16.2. The van der Waals surface area contributed by atoms with Crippen LogP contribution in [0.2, 0.25) is 0 Å². The highest BCUT2D eigenvalue weighted by Gasteiger charge is 2.08. The lowest BCUT2D eigenvalue weighted by atomic mass is 10.1.